The van der Waals surface area contributed by atoms with Gasteiger partial charge in [0.15, 0.2) is 9.84 Å². The number of rotatable bonds is 8. The van der Waals surface area contributed by atoms with E-state index in [1.807, 2.05) is 0 Å². The zero-order chi connectivity index (χ0) is 14.1. The molecule has 1 saturated heterocycles. The Hall–Kier alpha value is -0.660. The Morgan fingerprint density at radius 1 is 1.42 bits per heavy atom. The Labute approximate surface area is 115 Å². The van der Waals surface area contributed by atoms with Gasteiger partial charge in [0.05, 0.1) is 18.1 Å². The number of sulfone groups is 1. The molecule has 0 saturated carbocycles. The molecular weight excluding hydrogens is 268 g/mol. The van der Waals surface area contributed by atoms with Gasteiger partial charge in [-0.3, -0.25) is 4.79 Å². The van der Waals surface area contributed by atoms with E-state index in [1.54, 1.807) is 0 Å². The summed E-state index contributed by atoms with van der Waals surface area (Å²) in [4.78, 5) is 11.6. The number of ether oxygens (including phenoxy) is 1. The Morgan fingerprint density at radius 3 is 2.89 bits per heavy atom. The summed E-state index contributed by atoms with van der Waals surface area (Å²) in [7, 11) is -2.98. The van der Waals surface area contributed by atoms with Crippen LogP contribution in [0, 0.1) is 0 Å². The highest BCUT2D eigenvalue weighted by molar-refractivity contribution is 7.91. The van der Waals surface area contributed by atoms with Crippen LogP contribution in [0.5, 0.6) is 0 Å². The summed E-state index contributed by atoms with van der Waals surface area (Å²) < 4.78 is 28.1. The fourth-order valence-corrected chi connectivity index (χ4v) is 3.35. The van der Waals surface area contributed by atoms with Gasteiger partial charge in [0.25, 0.3) is 0 Å². The first-order valence-corrected chi connectivity index (χ1v) is 8.64. The zero-order valence-electron chi connectivity index (χ0n) is 11.5. The minimum atomic E-state index is -2.98. The predicted molar refractivity (Wildman–Crippen MR) is 73.8 cm³/mol. The molecule has 6 nitrogen and oxygen atoms in total. The predicted octanol–water partition coefficient (Wildman–Crippen LogP) is -0.304. The maximum Gasteiger partial charge on any atom is 0.221 e. The van der Waals surface area contributed by atoms with Gasteiger partial charge in [-0.2, -0.15) is 0 Å². The molecule has 1 atom stereocenters. The van der Waals surface area contributed by atoms with Crippen molar-refractivity contribution >= 4 is 15.7 Å². The van der Waals surface area contributed by atoms with E-state index in [0.717, 1.165) is 19.4 Å². The van der Waals surface area contributed by atoms with E-state index in [-0.39, 0.29) is 29.9 Å². The number of unbranched alkanes of at least 4 members (excludes halogenated alkanes) is 1. The van der Waals surface area contributed by atoms with Crippen LogP contribution in [0.2, 0.25) is 0 Å². The molecule has 0 radical (unpaired) electrons. The second-order valence-electron chi connectivity index (χ2n) is 4.79. The normalized spacial score (nSPS) is 22.1. The molecule has 0 bridgehead atoms. The van der Waals surface area contributed by atoms with Crippen LogP contribution in [0.1, 0.15) is 26.2 Å². The molecule has 0 aliphatic carbocycles. The maximum atomic E-state index is 11.6. The van der Waals surface area contributed by atoms with Crippen LogP contribution in [0.4, 0.5) is 0 Å². The lowest BCUT2D eigenvalue weighted by molar-refractivity contribution is -0.121. The fraction of sp³-hybridized carbons (Fsp3) is 0.917. The summed E-state index contributed by atoms with van der Waals surface area (Å²) >= 11 is 0. The van der Waals surface area contributed by atoms with E-state index in [1.165, 1.54) is 0 Å². The van der Waals surface area contributed by atoms with Gasteiger partial charge >= 0.3 is 0 Å². The first-order chi connectivity index (χ1) is 9.03. The Morgan fingerprint density at radius 2 is 2.21 bits per heavy atom. The van der Waals surface area contributed by atoms with E-state index in [4.69, 9.17) is 4.74 Å². The fourth-order valence-electron chi connectivity index (χ4n) is 1.91. The lowest BCUT2D eigenvalue weighted by atomic mass is 10.2. The molecule has 0 aromatic heterocycles. The molecule has 1 aliphatic rings. The monoisotopic (exact) mass is 292 g/mol. The Bertz CT molecular complexity index is 370. The molecule has 1 amide bonds. The summed E-state index contributed by atoms with van der Waals surface area (Å²) in [5.41, 5.74) is 0. The Kier molecular flexibility index (Phi) is 7.33. The summed E-state index contributed by atoms with van der Waals surface area (Å²) in [5, 5.41) is 5.79. The molecule has 1 aliphatic heterocycles. The third-order valence-electron chi connectivity index (χ3n) is 2.94. The molecule has 19 heavy (non-hydrogen) atoms. The van der Waals surface area contributed by atoms with Crippen molar-refractivity contribution in [2.45, 2.75) is 32.2 Å². The summed E-state index contributed by atoms with van der Waals surface area (Å²) in [6, 6.07) is -0.264. The van der Waals surface area contributed by atoms with E-state index in [0.29, 0.717) is 19.7 Å². The summed E-state index contributed by atoms with van der Waals surface area (Å²) in [5.74, 6) is 0.0813. The SMILES string of the molecule is CCCCOCCNC(=O)CC1CS(=O)(=O)CCN1. The molecular formula is C12H24N2O4S. The van der Waals surface area contributed by atoms with Crippen molar-refractivity contribution in [3.8, 4) is 0 Å². The van der Waals surface area contributed by atoms with Gasteiger partial charge < -0.3 is 15.4 Å². The topological polar surface area (TPSA) is 84.5 Å². The molecule has 1 rings (SSSR count). The van der Waals surface area contributed by atoms with E-state index in [9.17, 15) is 13.2 Å². The van der Waals surface area contributed by atoms with Gasteiger partial charge in [0.2, 0.25) is 5.91 Å². The molecule has 1 heterocycles. The van der Waals surface area contributed by atoms with Gasteiger partial charge in [0, 0.05) is 32.2 Å². The number of carbonyl (C=O) groups is 1. The van der Waals surface area contributed by atoms with Crippen LogP contribution in [-0.2, 0) is 19.4 Å². The van der Waals surface area contributed by atoms with Crippen LogP contribution in [0.25, 0.3) is 0 Å². The van der Waals surface area contributed by atoms with Crippen molar-refractivity contribution in [1.82, 2.24) is 10.6 Å². The van der Waals surface area contributed by atoms with E-state index >= 15 is 0 Å². The van der Waals surface area contributed by atoms with Crippen molar-refractivity contribution in [1.29, 1.82) is 0 Å². The van der Waals surface area contributed by atoms with E-state index < -0.39 is 9.84 Å². The van der Waals surface area contributed by atoms with E-state index in [2.05, 4.69) is 17.6 Å². The second-order valence-corrected chi connectivity index (χ2v) is 7.01. The average molecular weight is 292 g/mol. The maximum absolute atomic E-state index is 11.6. The van der Waals surface area contributed by atoms with Crippen LogP contribution < -0.4 is 10.6 Å². The number of hydrogen-bond donors (Lipinski definition) is 2. The molecule has 0 aromatic carbocycles. The highest BCUT2D eigenvalue weighted by Gasteiger charge is 2.25. The standard InChI is InChI=1S/C12H24N2O4S/c1-2-3-6-18-7-4-14-12(15)9-11-10-19(16,17)8-5-13-11/h11,13H,2-10H2,1H3,(H,14,15). The van der Waals surface area contributed by atoms with Crippen molar-refractivity contribution in [3.05, 3.63) is 0 Å². The minimum Gasteiger partial charge on any atom is -0.380 e. The van der Waals surface area contributed by atoms with Crippen molar-refractivity contribution < 1.29 is 17.9 Å². The first-order valence-electron chi connectivity index (χ1n) is 6.82. The van der Waals surface area contributed by atoms with Crippen LogP contribution in [0.15, 0.2) is 0 Å². The van der Waals surface area contributed by atoms with Gasteiger partial charge in [-0.1, -0.05) is 13.3 Å². The third-order valence-corrected chi connectivity index (χ3v) is 4.68. The second kappa shape index (κ2) is 8.50. The average Bonchev–Trinajstić information content (AvgIpc) is 2.32. The smallest absolute Gasteiger partial charge is 0.221 e. The van der Waals surface area contributed by atoms with Gasteiger partial charge in [0.1, 0.15) is 0 Å². The van der Waals surface area contributed by atoms with Crippen molar-refractivity contribution in [2.75, 3.05) is 37.8 Å². The van der Waals surface area contributed by atoms with Gasteiger partial charge in [-0.25, -0.2) is 8.42 Å². The van der Waals surface area contributed by atoms with Crippen LogP contribution in [-0.4, -0.2) is 58.2 Å². The number of nitrogens with one attached hydrogen (secondary N) is 2. The van der Waals surface area contributed by atoms with Crippen molar-refractivity contribution in [2.24, 2.45) is 0 Å². The molecule has 1 fully saturated rings. The molecule has 2 N–H and O–H groups in total. The highest BCUT2D eigenvalue weighted by atomic mass is 32.2. The number of amides is 1. The zero-order valence-corrected chi connectivity index (χ0v) is 12.3. The van der Waals surface area contributed by atoms with Gasteiger partial charge in [-0.05, 0) is 6.42 Å². The molecule has 1 unspecified atom stereocenters. The molecule has 112 valence electrons. The third kappa shape index (κ3) is 7.49. The summed E-state index contributed by atoms with van der Waals surface area (Å²) in [6.07, 6.45) is 2.32. The molecule has 0 aromatic rings. The number of hydrogen-bond acceptors (Lipinski definition) is 5. The first kappa shape index (κ1) is 16.4. The number of carbonyl (C=O) groups excluding carboxylic acids is 1. The largest absolute Gasteiger partial charge is 0.380 e. The van der Waals surface area contributed by atoms with Crippen LogP contribution in [0.3, 0.4) is 0 Å². The highest BCUT2D eigenvalue weighted by Crippen LogP contribution is 2.04. The lowest BCUT2D eigenvalue weighted by Gasteiger charge is -2.23. The Balaban J connectivity index is 2.10. The molecule has 7 heteroatoms. The minimum absolute atomic E-state index is 0.0490. The van der Waals surface area contributed by atoms with Crippen LogP contribution >= 0.6 is 0 Å². The van der Waals surface area contributed by atoms with Gasteiger partial charge in [-0.15, -0.1) is 0 Å². The quantitative estimate of drug-likeness (QED) is 0.600. The molecule has 0 spiro atoms. The van der Waals surface area contributed by atoms with Crippen molar-refractivity contribution in [3.63, 3.8) is 0 Å². The summed E-state index contributed by atoms with van der Waals surface area (Å²) in [6.45, 7) is 4.22. The lowest BCUT2D eigenvalue weighted by Crippen LogP contribution is -2.47.